The van der Waals surface area contributed by atoms with Crippen molar-refractivity contribution < 1.29 is 23.7 Å². The molecule has 0 amide bonds. The molecule has 3 unspecified atom stereocenters. The van der Waals surface area contributed by atoms with Gasteiger partial charge in [0.25, 0.3) is 0 Å². The molecule has 1 saturated heterocycles. The second kappa shape index (κ2) is 10.3. The Hall–Kier alpha value is -2.73. The molecule has 162 valence electrons. The molecule has 0 bridgehead atoms. The number of nitrogens with one attached hydrogen (secondary N) is 1. The van der Waals surface area contributed by atoms with Gasteiger partial charge in [-0.2, -0.15) is 0 Å². The van der Waals surface area contributed by atoms with Crippen molar-refractivity contribution in [3.05, 3.63) is 53.6 Å². The van der Waals surface area contributed by atoms with Gasteiger partial charge in [-0.15, -0.1) is 0 Å². The van der Waals surface area contributed by atoms with Crippen LogP contribution in [0, 0.1) is 5.92 Å². The fraction of sp³-hybridized carbons (Fsp3) is 0.458. The minimum absolute atomic E-state index is 0.00866. The molecule has 6 nitrogen and oxygen atoms in total. The number of methoxy groups -OCH3 is 1. The van der Waals surface area contributed by atoms with Crippen LogP contribution in [0.1, 0.15) is 50.3 Å². The van der Waals surface area contributed by atoms with E-state index in [9.17, 15) is 4.79 Å². The van der Waals surface area contributed by atoms with Gasteiger partial charge in [0.15, 0.2) is 11.5 Å². The van der Waals surface area contributed by atoms with Gasteiger partial charge >= 0.3 is 5.97 Å². The van der Waals surface area contributed by atoms with E-state index >= 15 is 0 Å². The van der Waals surface area contributed by atoms with Crippen molar-refractivity contribution in [3.63, 3.8) is 0 Å². The molecule has 2 aliphatic rings. The molecule has 0 radical (unpaired) electrons. The quantitative estimate of drug-likeness (QED) is 0.731. The molecule has 2 heterocycles. The highest BCUT2D eigenvalue weighted by molar-refractivity contribution is 5.76. The molecule has 0 aliphatic carbocycles. The van der Waals surface area contributed by atoms with Crippen LogP contribution in [0.15, 0.2) is 42.5 Å². The Bertz CT molecular complexity index is 836. The highest BCUT2D eigenvalue weighted by Crippen LogP contribution is 2.43. The number of carbonyl (C=O) groups is 1. The zero-order valence-corrected chi connectivity index (χ0v) is 18.1. The summed E-state index contributed by atoms with van der Waals surface area (Å²) < 4.78 is 21.6. The highest BCUT2D eigenvalue weighted by atomic mass is 16.7. The first-order valence-corrected chi connectivity index (χ1v) is 10.6. The van der Waals surface area contributed by atoms with Crippen molar-refractivity contribution in [1.82, 2.24) is 5.32 Å². The SMILES string of the molecule is CCC.CCOC(=O)C1C(c2ccc3c(c2)OCO3)CNC1c1ccc(OC)cc1. The normalized spacial score (nSPS) is 21.5. The molecule has 3 atom stereocenters. The molecule has 2 aromatic carbocycles. The monoisotopic (exact) mass is 413 g/mol. The van der Waals surface area contributed by atoms with Crippen LogP contribution in [-0.2, 0) is 9.53 Å². The molecule has 1 fully saturated rings. The van der Waals surface area contributed by atoms with Gasteiger partial charge in [-0.25, -0.2) is 0 Å². The number of ether oxygens (including phenoxy) is 4. The van der Waals surface area contributed by atoms with Crippen molar-refractivity contribution in [3.8, 4) is 17.2 Å². The molecule has 4 rings (SSSR count). The predicted octanol–water partition coefficient (Wildman–Crippen LogP) is 4.45. The van der Waals surface area contributed by atoms with Crippen LogP contribution in [0.4, 0.5) is 0 Å². The number of rotatable bonds is 5. The van der Waals surface area contributed by atoms with E-state index in [1.54, 1.807) is 7.11 Å². The second-order valence-corrected chi connectivity index (χ2v) is 7.36. The molecular formula is C24H31NO5. The average molecular weight is 414 g/mol. The van der Waals surface area contributed by atoms with Crippen LogP contribution in [0.25, 0.3) is 0 Å². The Morgan fingerprint density at radius 2 is 1.70 bits per heavy atom. The van der Waals surface area contributed by atoms with E-state index in [2.05, 4.69) is 19.2 Å². The minimum atomic E-state index is -0.321. The van der Waals surface area contributed by atoms with E-state index in [1.165, 1.54) is 6.42 Å². The fourth-order valence-corrected chi connectivity index (χ4v) is 3.88. The zero-order valence-electron chi connectivity index (χ0n) is 18.1. The average Bonchev–Trinajstić information content (AvgIpc) is 3.41. The lowest BCUT2D eigenvalue weighted by molar-refractivity contribution is -0.148. The lowest BCUT2D eigenvalue weighted by Gasteiger charge is -2.23. The van der Waals surface area contributed by atoms with Gasteiger partial charge in [-0.1, -0.05) is 38.5 Å². The number of esters is 1. The van der Waals surface area contributed by atoms with Crippen molar-refractivity contribution in [2.75, 3.05) is 27.1 Å². The minimum Gasteiger partial charge on any atom is -0.497 e. The third-order valence-electron chi connectivity index (χ3n) is 5.21. The number of carbonyl (C=O) groups excluding carboxylic acids is 1. The summed E-state index contributed by atoms with van der Waals surface area (Å²) in [5, 5.41) is 3.50. The van der Waals surface area contributed by atoms with Crippen LogP contribution in [0.3, 0.4) is 0 Å². The highest BCUT2D eigenvalue weighted by Gasteiger charge is 2.43. The summed E-state index contributed by atoms with van der Waals surface area (Å²) in [6.07, 6.45) is 1.25. The van der Waals surface area contributed by atoms with Crippen molar-refractivity contribution in [2.45, 2.75) is 39.2 Å². The van der Waals surface area contributed by atoms with E-state index in [0.29, 0.717) is 13.2 Å². The third kappa shape index (κ3) is 4.70. The van der Waals surface area contributed by atoms with Crippen LogP contribution in [-0.4, -0.2) is 33.0 Å². The standard InChI is InChI=1S/C21H23NO5.C3H8/c1-3-25-21(23)19-16(14-6-9-17-18(10-14)27-12-26-17)11-22-20(19)13-4-7-15(24-2)8-5-13;1-3-2/h4-10,16,19-20,22H,3,11-12H2,1-2H3;3H2,1-2H3. The Labute approximate surface area is 178 Å². The summed E-state index contributed by atoms with van der Waals surface area (Å²) in [4.78, 5) is 12.8. The van der Waals surface area contributed by atoms with E-state index in [0.717, 1.165) is 28.4 Å². The van der Waals surface area contributed by atoms with Gasteiger partial charge < -0.3 is 24.3 Å². The van der Waals surface area contributed by atoms with E-state index in [1.807, 2.05) is 49.4 Å². The summed E-state index contributed by atoms with van der Waals surface area (Å²) in [5.74, 6) is 1.74. The van der Waals surface area contributed by atoms with E-state index in [-0.39, 0.29) is 30.6 Å². The van der Waals surface area contributed by atoms with Gasteiger partial charge in [0.1, 0.15) is 5.75 Å². The summed E-state index contributed by atoms with van der Waals surface area (Å²) >= 11 is 0. The van der Waals surface area contributed by atoms with Crippen LogP contribution >= 0.6 is 0 Å². The molecule has 0 saturated carbocycles. The molecule has 2 aliphatic heterocycles. The van der Waals surface area contributed by atoms with Gasteiger partial charge in [0.05, 0.1) is 19.6 Å². The Balaban J connectivity index is 0.000000806. The zero-order chi connectivity index (χ0) is 21.5. The number of hydrogen-bond donors (Lipinski definition) is 1. The molecule has 0 aromatic heterocycles. The summed E-state index contributed by atoms with van der Waals surface area (Å²) in [7, 11) is 1.64. The molecule has 1 N–H and O–H groups in total. The number of fused-ring (bicyclic) bond motifs is 1. The lowest BCUT2D eigenvalue weighted by atomic mass is 9.83. The van der Waals surface area contributed by atoms with Crippen LogP contribution < -0.4 is 19.5 Å². The molecule has 2 aromatic rings. The number of benzene rings is 2. The lowest BCUT2D eigenvalue weighted by Crippen LogP contribution is -2.27. The summed E-state index contributed by atoms with van der Waals surface area (Å²) in [6.45, 7) is 7.36. The second-order valence-electron chi connectivity index (χ2n) is 7.36. The van der Waals surface area contributed by atoms with Crippen LogP contribution in [0.5, 0.6) is 17.2 Å². The molecule has 30 heavy (non-hydrogen) atoms. The largest absolute Gasteiger partial charge is 0.497 e. The van der Waals surface area contributed by atoms with E-state index < -0.39 is 0 Å². The first-order valence-electron chi connectivity index (χ1n) is 10.6. The third-order valence-corrected chi connectivity index (χ3v) is 5.21. The van der Waals surface area contributed by atoms with Gasteiger partial charge in [0.2, 0.25) is 6.79 Å². The Kier molecular flexibility index (Phi) is 7.57. The molecule has 6 heteroatoms. The Morgan fingerprint density at radius 1 is 1.03 bits per heavy atom. The van der Waals surface area contributed by atoms with Gasteiger partial charge in [-0.3, -0.25) is 4.79 Å². The Morgan fingerprint density at radius 3 is 2.37 bits per heavy atom. The topological polar surface area (TPSA) is 66.0 Å². The summed E-state index contributed by atoms with van der Waals surface area (Å²) in [6, 6.07) is 13.6. The van der Waals surface area contributed by atoms with Crippen molar-refractivity contribution >= 4 is 5.97 Å². The number of hydrogen-bond acceptors (Lipinski definition) is 6. The molecular weight excluding hydrogens is 382 g/mol. The van der Waals surface area contributed by atoms with Gasteiger partial charge in [-0.05, 0) is 42.3 Å². The van der Waals surface area contributed by atoms with Gasteiger partial charge in [0, 0.05) is 18.5 Å². The first kappa shape index (κ1) is 22.0. The van der Waals surface area contributed by atoms with Crippen molar-refractivity contribution in [1.29, 1.82) is 0 Å². The smallest absolute Gasteiger partial charge is 0.311 e. The van der Waals surface area contributed by atoms with E-state index in [4.69, 9.17) is 18.9 Å². The first-order chi connectivity index (χ1) is 14.6. The predicted molar refractivity (Wildman–Crippen MR) is 115 cm³/mol. The maximum atomic E-state index is 12.8. The fourth-order valence-electron chi connectivity index (χ4n) is 3.88. The molecule has 0 spiro atoms. The van der Waals surface area contributed by atoms with Crippen molar-refractivity contribution in [2.24, 2.45) is 5.92 Å². The van der Waals surface area contributed by atoms with Crippen LogP contribution in [0.2, 0.25) is 0 Å². The summed E-state index contributed by atoms with van der Waals surface area (Å²) in [5.41, 5.74) is 2.08. The maximum absolute atomic E-state index is 12.8. The maximum Gasteiger partial charge on any atom is 0.311 e.